The minimum atomic E-state index is -0.780. The van der Waals surface area contributed by atoms with E-state index in [9.17, 15) is 9.59 Å². The average molecular weight is 317 g/mol. The molecule has 2 rings (SSSR count). The molecule has 0 bridgehead atoms. The molecule has 0 spiro atoms. The molecule has 6 heteroatoms. The third kappa shape index (κ3) is 5.49. The van der Waals surface area contributed by atoms with Gasteiger partial charge in [-0.15, -0.1) is 0 Å². The van der Waals surface area contributed by atoms with Crippen molar-refractivity contribution in [3.8, 4) is 0 Å². The second-order valence-electron chi connectivity index (χ2n) is 5.87. The molecule has 0 aliphatic carbocycles. The fraction of sp³-hybridized carbons (Fsp3) is 0.471. The zero-order valence-corrected chi connectivity index (χ0v) is 13.5. The number of amides is 2. The molecule has 2 N–H and O–H groups in total. The summed E-state index contributed by atoms with van der Waals surface area (Å²) in [6.45, 7) is 5.32. The maximum Gasteiger partial charge on any atom is 0.329 e. The van der Waals surface area contributed by atoms with Gasteiger partial charge in [-0.2, -0.15) is 5.10 Å². The van der Waals surface area contributed by atoms with E-state index in [1.54, 1.807) is 0 Å². The summed E-state index contributed by atoms with van der Waals surface area (Å²) in [6.07, 6.45) is 3.42. The highest BCUT2D eigenvalue weighted by Gasteiger charge is 2.18. The van der Waals surface area contributed by atoms with E-state index in [0.717, 1.165) is 18.4 Å². The van der Waals surface area contributed by atoms with Crippen molar-refractivity contribution >= 4 is 18.0 Å². The van der Waals surface area contributed by atoms with Gasteiger partial charge in [0.1, 0.15) is 0 Å². The quantitative estimate of drug-likeness (QED) is 0.491. The first-order valence-corrected chi connectivity index (χ1v) is 7.89. The first-order chi connectivity index (χ1) is 11.1. The van der Waals surface area contributed by atoms with Gasteiger partial charge in [-0.25, -0.2) is 5.43 Å². The summed E-state index contributed by atoms with van der Waals surface area (Å²) < 4.78 is 5.37. The molecule has 1 aliphatic heterocycles. The minimum absolute atomic E-state index is 0.00900. The Morgan fingerprint density at radius 3 is 2.65 bits per heavy atom. The van der Waals surface area contributed by atoms with Crippen LogP contribution in [-0.2, 0) is 14.3 Å². The Bertz CT molecular complexity index is 561. The predicted octanol–water partition coefficient (Wildman–Crippen LogP) is 1.56. The van der Waals surface area contributed by atoms with Crippen LogP contribution in [0.2, 0.25) is 0 Å². The third-order valence-electron chi connectivity index (χ3n) is 3.70. The molecule has 0 saturated carbocycles. The maximum atomic E-state index is 11.6. The SMILES string of the molecule is CC(C)c1ccc(/C=N\NC(=O)C(=O)NC[C@@H]2CCCO2)cc1. The van der Waals surface area contributed by atoms with Gasteiger partial charge in [0.15, 0.2) is 0 Å². The fourth-order valence-electron chi connectivity index (χ4n) is 2.28. The largest absolute Gasteiger partial charge is 0.376 e. The lowest BCUT2D eigenvalue weighted by molar-refractivity contribution is -0.139. The van der Waals surface area contributed by atoms with Crippen molar-refractivity contribution in [2.24, 2.45) is 5.10 Å². The Balaban J connectivity index is 1.74. The van der Waals surface area contributed by atoms with E-state index < -0.39 is 11.8 Å². The number of hydrogen-bond acceptors (Lipinski definition) is 4. The van der Waals surface area contributed by atoms with E-state index in [1.807, 2.05) is 24.3 Å². The number of ether oxygens (including phenoxy) is 1. The summed E-state index contributed by atoms with van der Waals surface area (Å²) in [5.74, 6) is -1.01. The van der Waals surface area contributed by atoms with Crippen LogP contribution in [0.4, 0.5) is 0 Å². The minimum Gasteiger partial charge on any atom is -0.376 e. The van der Waals surface area contributed by atoms with Gasteiger partial charge < -0.3 is 10.1 Å². The van der Waals surface area contributed by atoms with Gasteiger partial charge in [0.05, 0.1) is 12.3 Å². The molecule has 6 nitrogen and oxygen atoms in total. The normalized spacial score (nSPS) is 17.6. The van der Waals surface area contributed by atoms with Gasteiger partial charge >= 0.3 is 11.8 Å². The average Bonchev–Trinajstić information content (AvgIpc) is 3.06. The van der Waals surface area contributed by atoms with Crippen molar-refractivity contribution in [1.29, 1.82) is 0 Å². The van der Waals surface area contributed by atoms with Crippen molar-refractivity contribution < 1.29 is 14.3 Å². The van der Waals surface area contributed by atoms with Crippen molar-refractivity contribution in [3.63, 3.8) is 0 Å². The third-order valence-corrected chi connectivity index (χ3v) is 3.70. The van der Waals surface area contributed by atoms with Crippen LogP contribution in [0.5, 0.6) is 0 Å². The summed E-state index contributed by atoms with van der Waals surface area (Å²) in [5, 5.41) is 6.34. The lowest BCUT2D eigenvalue weighted by atomic mass is 10.0. The Kier molecular flexibility index (Phi) is 6.29. The molecule has 124 valence electrons. The zero-order valence-electron chi connectivity index (χ0n) is 13.5. The van der Waals surface area contributed by atoms with Crippen LogP contribution < -0.4 is 10.7 Å². The number of hydrogen-bond donors (Lipinski definition) is 2. The van der Waals surface area contributed by atoms with Gasteiger partial charge in [-0.3, -0.25) is 9.59 Å². The Morgan fingerprint density at radius 2 is 2.04 bits per heavy atom. The van der Waals surface area contributed by atoms with Crippen molar-refractivity contribution in [3.05, 3.63) is 35.4 Å². The molecule has 1 aromatic rings. The van der Waals surface area contributed by atoms with Gasteiger partial charge in [0.25, 0.3) is 0 Å². The summed E-state index contributed by atoms with van der Waals surface area (Å²) in [4.78, 5) is 23.2. The molecule has 0 aromatic heterocycles. The summed E-state index contributed by atoms with van der Waals surface area (Å²) >= 11 is 0. The molecule has 1 saturated heterocycles. The zero-order chi connectivity index (χ0) is 16.7. The summed E-state index contributed by atoms with van der Waals surface area (Å²) in [6, 6.07) is 7.87. The molecule has 0 unspecified atom stereocenters. The van der Waals surface area contributed by atoms with E-state index in [4.69, 9.17) is 4.74 Å². The smallest absolute Gasteiger partial charge is 0.329 e. The Labute approximate surface area is 136 Å². The predicted molar refractivity (Wildman–Crippen MR) is 88.3 cm³/mol. The monoisotopic (exact) mass is 317 g/mol. The van der Waals surface area contributed by atoms with Crippen LogP contribution in [0.1, 0.15) is 43.7 Å². The van der Waals surface area contributed by atoms with Crippen LogP contribution in [0.25, 0.3) is 0 Å². The van der Waals surface area contributed by atoms with Gasteiger partial charge in [-0.05, 0) is 29.9 Å². The van der Waals surface area contributed by atoms with E-state index in [1.165, 1.54) is 11.8 Å². The molecular formula is C17H23N3O3. The van der Waals surface area contributed by atoms with Crippen molar-refractivity contribution in [2.75, 3.05) is 13.2 Å². The van der Waals surface area contributed by atoms with E-state index >= 15 is 0 Å². The van der Waals surface area contributed by atoms with E-state index in [2.05, 4.69) is 29.7 Å². The number of carbonyl (C=O) groups is 2. The molecule has 1 aromatic carbocycles. The number of hydrazone groups is 1. The van der Waals surface area contributed by atoms with E-state index in [-0.39, 0.29) is 6.10 Å². The number of benzene rings is 1. The molecule has 1 heterocycles. The second-order valence-corrected chi connectivity index (χ2v) is 5.87. The molecular weight excluding hydrogens is 294 g/mol. The highest BCUT2D eigenvalue weighted by Crippen LogP contribution is 2.13. The van der Waals surface area contributed by atoms with E-state index in [0.29, 0.717) is 19.1 Å². The maximum absolute atomic E-state index is 11.6. The second kappa shape index (κ2) is 8.43. The molecule has 1 aliphatic rings. The summed E-state index contributed by atoms with van der Waals surface area (Å²) in [7, 11) is 0. The van der Waals surface area contributed by atoms with Crippen LogP contribution in [0.15, 0.2) is 29.4 Å². The lowest BCUT2D eigenvalue weighted by Gasteiger charge is -2.09. The number of carbonyl (C=O) groups excluding carboxylic acids is 2. The highest BCUT2D eigenvalue weighted by atomic mass is 16.5. The first-order valence-electron chi connectivity index (χ1n) is 7.89. The van der Waals surface area contributed by atoms with Crippen LogP contribution in [0, 0.1) is 0 Å². The highest BCUT2D eigenvalue weighted by molar-refractivity contribution is 6.35. The molecule has 1 fully saturated rings. The number of rotatable bonds is 5. The van der Waals surface area contributed by atoms with Gasteiger partial charge in [-0.1, -0.05) is 38.1 Å². The van der Waals surface area contributed by atoms with Gasteiger partial charge in [0, 0.05) is 13.2 Å². The van der Waals surface area contributed by atoms with Gasteiger partial charge in [0.2, 0.25) is 0 Å². The number of nitrogens with zero attached hydrogens (tertiary/aromatic N) is 1. The first kappa shape index (κ1) is 17.1. The van der Waals surface area contributed by atoms with Crippen molar-refractivity contribution in [2.45, 2.75) is 38.7 Å². The Morgan fingerprint density at radius 1 is 1.30 bits per heavy atom. The van der Waals surface area contributed by atoms with Crippen LogP contribution in [0.3, 0.4) is 0 Å². The lowest BCUT2D eigenvalue weighted by Crippen LogP contribution is -2.41. The standard InChI is InChI=1S/C17H23N3O3/c1-12(2)14-7-5-13(6-8-14)10-19-20-17(22)16(21)18-11-15-4-3-9-23-15/h5-8,10,12,15H,3-4,9,11H2,1-2H3,(H,18,21)(H,20,22)/b19-10-/t15-/m0/s1. The van der Waals surface area contributed by atoms with Crippen LogP contribution in [-0.4, -0.2) is 37.3 Å². The molecule has 0 radical (unpaired) electrons. The van der Waals surface area contributed by atoms with Crippen LogP contribution >= 0.6 is 0 Å². The summed E-state index contributed by atoms with van der Waals surface area (Å²) in [5.41, 5.74) is 4.31. The number of nitrogens with one attached hydrogen (secondary N) is 2. The molecule has 1 atom stereocenters. The molecule has 2 amide bonds. The fourth-order valence-corrected chi connectivity index (χ4v) is 2.28. The Hall–Kier alpha value is -2.21. The molecule has 23 heavy (non-hydrogen) atoms. The topological polar surface area (TPSA) is 79.8 Å². The van der Waals surface area contributed by atoms with Crippen molar-refractivity contribution in [1.82, 2.24) is 10.7 Å².